The number of hydrogen-bond acceptors (Lipinski definition) is 2. The maximum atomic E-state index is 13.6. The molecule has 0 aliphatic heterocycles. The van der Waals surface area contributed by atoms with E-state index in [2.05, 4.69) is 5.32 Å². The number of nitrogens with zero attached hydrogens (tertiary/aromatic N) is 1. The average molecular weight is 312 g/mol. The van der Waals surface area contributed by atoms with E-state index in [4.69, 9.17) is 0 Å². The highest BCUT2D eigenvalue weighted by atomic mass is 19.1. The molecule has 1 N–H and O–H groups in total. The third-order valence-corrected chi connectivity index (χ3v) is 3.20. The molecule has 0 saturated carbocycles. The molecule has 6 heteroatoms. The highest BCUT2D eigenvalue weighted by Crippen LogP contribution is 2.14. The van der Waals surface area contributed by atoms with Crippen molar-refractivity contribution in [3.05, 3.63) is 35.4 Å². The molecule has 0 aliphatic carbocycles. The number of carbonyl (C=O) groups is 2. The summed E-state index contributed by atoms with van der Waals surface area (Å²) in [5.74, 6) is -1.96. The Labute approximate surface area is 129 Å². The molecule has 0 aliphatic rings. The Morgan fingerprint density at radius 2 is 1.86 bits per heavy atom. The highest BCUT2D eigenvalue weighted by Gasteiger charge is 2.26. The van der Waals surface area contributed by atoms with E-state index in [0.29, 0.717) is 0 Å². The van der Waals surface area contributed by atoms with Gasteiger partial charge in [0.1, 0.15) is 17.7 Å². The standard InChI is InChI=1S/C16H22F2N2O2/c1-10(19-15(22)16(2,3)4)14(21)20(5)9-11-6-7-12(17)8-13(11)18/h6-8,10H,9H2,1-5H3,(H,19,22). The molecule has 2 amide bonds. The van der Waals surface area contributed by atoms with Gasteiger partial charge in [-0.05, 0) is 13.0 Å². The quantitative estimate of drug-likeness (QED) is 0.928. The summed E-state index contributed by atoms with van der Waals surface area (Å²) in [5, 5.41) is 2.63. The predicted octanol–water partition coefficient (Wildman–Crippen LogP) is 2.47. The summed E-state index contributed by atoms with van der Waals surface area (Å²) in [6.07, 6.45) is 0. The lowest BCUT2D eigenvalue weighted by atomic mass is 9.95. The van der Waals surface area contributed by atoms with Gasteiger partial charge in [0.15, 0.2) is 0 Å². The van der Waals surface area contributed by atoms with Gasteiger partial charge in [-0.3, -0.25) is 9.59 Å². The Morgan fingerprint density at radius 1 is 1.27 bits per heavy atom. The third kappa shape index (κ3) is 4.79. The number of nitrogens with one attached hydrogen (secondary N) is 1. The van der Waals surface area contributed by atoms with Gasteiger partial charge < -0.3 is 10.2 Å². The van der Waals surface area contributed by atoms with Crippen LogP contribution in [0.5, 0.6) is 0 Å². The topological polar surface area (TPSA) is 49.4 Å². The zero-order valence-corrected chi connectivity index (χ0v) is 13.5. The van der Waals surface area contributed by atoms with E-state index in [9.17, 15) is 18.4 Å². The molecule has 1 aromatic carbocycles. The fourth-order valence-electron chi connectivity index (χ4n) is 1.79. The Hall–Kier alpha value is -1.98. The van der Waals surface area contributed by atoms with Crippen molar-refractivity contribution in [3.63, 3.8) is 0 Å². The maximum Gasteiger partial charge on any atom is 0.244 e. The Morgan fingerprint density at radius 3 is 2.36 bits per heavy atom. The zero-order chi connectivity index (χ0) is 17.1. The van der Waals surface area contributed by atoms with Crippen LogP contribution in [0.1, 0.15) is 33.3 Å². The fourth-order valence-corrected chi connectivity index (χ4v) is 1.79. The van der Waals surface area contributed by atoms with Crippen molar-refractivity contribution in [1.29, 1.82) is 0 Å². The van der Waals surface area contributed by atoms with E-state index in [1.165, 1.54) is 18.0 Å². The van der Waals surface area contributed by atoms with Crippen LogP contribution in [-0.4, -0.2) is 29.8 Å². The van der Waals surface area contributed by atoms with Gasteiger partial charge in [-0.15, -0.1) is 0 Å². The van der Waals surface area contributed by atoms with Gasteiger partial charge in [0.2, 0.25) is 11.8 Å². The summed E-state index contributed by atoms with van der Waals surface area (Å²) in [5.41, 5.74) is -0.387. The Kier molecular flexibility index (Phi) is 5.63. The number of halogens is 2. The van der Waals surface area contributed by atoms with Gasteiger partial charge >= 0.3 is 0 Å². The Bertz CT molecular complexity index is 568. The molecule has 122 valence electrons. The molecule has 0 fully saturated rings. The van der Waals surface area contributed by atoms with Gasteiger partial charge in [-0.2, -0.15) is 0 Å². The van der Waals surface area contributed by atoms with Crippen LogP contribution in [0.3, 0.4) is 0 Å². The molecular weight excluding hydrogens is 290 g/mol. The van der Waals surface area contributed by atoms with Gasteiger partial charge in [0.25, 0.3) is 0 Å². The molecule has 0 heterocycles. The number of carbonyl (C=O) groups excluding carboxylic acids is 2. The molecule has 22 heavy (non-hydrogen) atoms. The number of hydrogen-bond donors (Lipinski definition) is 1. The van der Waals surface area contributed by atoms with E-state index < -0.39 is 23.1 Å². The number of amides is 2. The minimum atomic E-state index is -0.722. The van der Waals surface area contributed by atoms with Gasteiger partial charge in [0, 0.05) is 30.6 Å². The van der Waals surface area contributed by atoms with Crippen LogP contribution in [0.2, 0.25) is 0 Å². The fraction of sp³-hybridized carbons (Fsp3) is 0.500. The van der Waals surface area contributed by atoms with Crippen molar-refractivity contribution in [2.75, 3.05) is 7.05 Å². The summed E-state index contributed by atoms with van der Waals surface area (Å²) >= 11 is 0. The highest BCUT2D eigenvalue weighted by molar-refractivity contribution is 5.89. The maximum absolute atomic E-state index is 13.6. The summed E-state index contributed by atoms with van der Waals surface area (Å²) in [6, 6.07) is 2.49. The molecule has 0 spiro atoms. The monoisotopic (exact) mass is 312 g/mol. The van der Waals surface area contributed by atoms with Crippen molar-refractivity contribution < 1.29 is 18.4 Å². The van der Waals surface area contributed by atoms with E-state index in [1.54, 1.807) is 27.7 Å². The van der Waals surface area contributed by atoms with E-state index >= 15 is 0 Å². The number of benzene rings is 1. The third-order valence-electron chi connectivity index (χ3n) is 3.20. The molecule has 0 bridgehead atoms. The second-order valence-corrected chi connectivity index (χ2v) is 6.38. The Balaban J connectivity index is 2.70. The van der Waals surface area contributed by atoms with E-state index in [1.807, 2.05) is 0 Å². The molecule has 0 radical (unpaired) electrons. The van der Waals surface area contributed by atoms with Crippen molar-refractivity contribution >= 4 is 11.8 Å². The first-order valence-electron chi connectivity index (χ1n) is 7.02. The normalized spacial score (nSPS) is 12.7. The first kappa shape index (κ1) is 18.1. The van der Waals surface area contributed by atoms with Crippen LogP contribution in [-0.2, 0) is 16.1 Å². The predicted molar refractivity (Wildman–Crippen MR) is 79.9 cm³/mol. The molecule has 1 rings (SSSR count). The van der Waals surface area contributed by atoms with Crippen LogP contribution in [0, 0.1) is 17.0 Å². The molecule has 1 aromatic rings. The minimum absolute atomic E-state index is 0.000670. The molecule has 0 saturated heterocycles. The van der Waals surface area contributed by atoms with E-state index in [-0.39, 0.29) is 23.9 Å². The smallest absolute Gasteiger partial charge is 0.244 e. The van der Waals surface area contributed by atoms with Crippen LogP contribution < -0.4 is 5.32 Å². The second kappa shape index (κ2) is 6.85. The number of rotatable bonds is 4. The van der Waals surface area contributed by atoms with E-state index in [0.717, 1.165) is 12.1 Å². The lowest BCUT2D eigenvalue weighted by molar-refractivity contribution is -0.137. The first-order chi connectivity index (χ1) is 10.0. The molecule has 1 unspecified atom stereocenters. The molecule has 0 aromatic heterocycles. The average Bonchev–Trinajstić information content (AvgIpc) is 2.39. The van der Waals surface area contributed by atoms with Crippen molar-refractivity contribution in [1.82, 2.24) is 10.2 Å². The lowest BCUT2D eigenvalue weighted by Crippen LogP contribution is -2.48. The van der Waals surface area contributed by atoms with Crippen LogP contribution >= 0.6 is 0 Å². The van der Waals surface area contributed by atoms with Crippen LogP contribution in [0.15, 0.2) is 18.2 Å². The van der Waals surface area contributed by atoms with Gasteiger partial charge in [-0.25, -0.2) is 8.78 Å². The van der Waals surface area contributed by atoms with Gasteiger partial charge in [-0.1, -0.05) is 26.8 Å². The lowest BCUT2D eigenvalue weighted by Gasteiger charge is -2.25. The number of likely N-dealkylation sites (N-methyl/N-ethyl adjacent to an activating group) is 1. The van der Waals surface area contributed by atoms with Gasteiger partial charge in [0.05, 0.1) is 0 Å². The minimum Gasteiger partial charge on any atom is -0.344 e. The zero-order valence-electron chi connectivity index (χ0n) is 13.5. The second-order valence-electron chi connectivity index (χ2n) is 6.38. The summed E-state index contributed by atoms with van der Waals surface area (Å²) in [7, 11) is 1.50. The molecular formula is C16H22F2N2O2. The van der Waals surface area contributed by atoms with Crippen molar-refractivity contribution in [2.24, 2.45) is 5.41 Å². The molecule has 4 nitrogen and oxygen atoms in total. The summed E-state index contributed by atoms with van der Waals surface area (Å²) in [6.45, 7) is 6.82. The van der Waals surface area contributed by atoms with Crippen LogP contribution in [0.4, 0.5) is 8.78 Å². The summed E-state index contributed by atoms with van der Waals surface area (Å²) < 4.78 is 26.5. The SMILES string of the molecule is CC(NC(=O)C(C)(C)C)C(=O)N(C)Cc1ccc(F)cc1F. The first-order valence-corrected chi connectivity index (χ1v) is 7.02. The molecule has 1 atom stereocenters. The van der Waals surface area contributed by atoms with Crippen LogP contribution in [0.25, 0.3) is 0 Å². The largest absolute Gasteiger partial charge is 0.344 e. The van der Waals surface area contributed by atoms with Crippen molar-refractivity contribution in [3.8, 4) is 0 Å². The van der Waals surface area contributed by atoms with Crippen molar-refractivity contribution in [2.45, 2.75) is 40.3 Å². The summed E-state index contributed by atoms with van der Waals surface area (Å²) in [4.78, 5) is 25.4.